The molecule has 0 bridgehead atoms. The molecule has 1 atom stereocenters. The summed E-state index contributed by atoms with van der Waals surface area (Å²) >= 11 is 9.21. The lowest BCUT2D eigenvalue weighted by atomic mass is 10.3. The predicted octanol–water partition coefficient (Wildman–Crippen LogP) is 4.51. The highest BCUT2D eigenvalue weighted by Crippen LogP contribution is 2.28. The van der Waals surface area contributed by atoms with E-state index >= 15 is 0 Å². The van der Waals surface area contributed by atoms with E-state index < -0.39 is 6.10 Å². The molecule has 5 heteroatoms. The molecule has 0 radical (unpaired) electrons. The van der Waals surface area contributed by atoms with Crippen LogP contribution >= 0.6 is 27.5 Å². The van der Waals surface area contributed by atoms with Gasteiger partial charge in [0.15, 0.2) is 6.10 Å². The highest BCUT2D eigenvalue weighted by atomic mass is 79.9. The molecule has 0 saturated carbocycles. The molecule has 2 aromatic rings. The van der Waals surface area contributed by atoms with Crippen LogP contribution in [-0.4, -0.2) is 12.0 Å². The van der Waals surface area contributed by atoms with Gasteiger partial charge in [-0.3, -0.25) is 4.79 Å². The number of rotatable bonds is 4. The number of ether oxygens (including phenoxy) is 1. The second-order valence-corrected chi connectivity index (χ2v) is 5.48. The Bertz CT molecular complexity index is 604. The third-order valence-corrected chi connectivity index (χ3v) is 3.46. The van der Waals surface area contributed by atoms with E-state index in [1.54, 1.807) is 25.1 Å². The van der Waals surface area contributed by atoms with E-state index in [9.17, 15) is 4.79 Å². The van der Waals surface area contributed by atoms with Crippen molar-refractivity contribution in [2.45, 2.75) is 13.0 Å². The van der Waals surface area contributed by atoms with Crippen LogP contribution in [0.4, 0.5) is 5.69 Å². The molecule has 1 unspecified atom stereocenters. The summed E-state index contributed by atoms with van der Waals surface area (Å²) in [4.78, 5) is 12.0. The maximum atomic E-state index is 12.0. The van der Waals surface area contributed by atoms with Crippen LogP contribution in [0.3, 0.4) is 0 Å². The van der Waals surface area contributed by atoms with Crippen LogP contribution < -0.4 is 10.1 Å². The Labute approximate surface area is 131 Å². The maximum Gasteiger partial charge on any atom is 0.265 e. The van der Waals surface area contributed by atoms with Gasteiger partial charge in [0.05, 0.1) is 4.47 Å². The predicted molar refractivity (Wildman–Crippen MR) is 84.3 cm³/mol. The summed E-state index contributed by atoms with van der Waals surface area (Å²) in [6, 6.07) is 14.4. The zero-order valence-electron chi connectivity index (χ0n) is 10.8. The molecule has 1 N–H and O–H groups in total. The second-order valence-electron chi connectivity index (χ2n) is 4.19. The Balaban J connectivity index is 2.00. The number of hydrogen-bond acceptors (Lipinski definition) is 2. The molecule has 0 saturated heterocycles. The van der Waals surface area contributed by atoms with Crippen LogP contribution in [0, 0.1) is 0 Å². The van der Waals surface area contributed by atoms with E-state index in [4.69, 9.17) is 16.3 Å². The first-order valence-corrected chi connectivity index (χ1v) is 7.21. The van der Waals surface area contributed by atoms with Gasteiger partial charge in [-0.05, 0) is 53.2 Å². The molecule has 0 aliphatic rings. The van der Waals surface area contributed by atoms with Crippen LogP contribution in [0.2, 0.25) is 5.02 Å². The zero-order chi connectivity index (χ0) is 14.5. The lowest BCUT2D eigenvalue weighted by Crippen LogP contribution is -2.30. The lowest BCUT2D eigenvalue weighted by molar-refractivity contribution is -0.122. The molecule has 2 aromatic carbocycles. The monoisotopic (exact) mass is 353 g/mol. The fourth-order valence-electron chi connectivity index (χ4n) is 1.58. The van der Waals surface area contributed by atoms with E-state index in [0.29, 0.717) is 15.2 Å². The van der Waals surface area contributed by atoms with Crippen LogP contribution in [0.25, 0.3) is 0 Å². The SMILES string of the molecule is CC(Oc1ccc(Cl)cc1Br)C(=O)Nc1ccccc1. The number of amides is 1. The molecule has 0 aliphatic heterocycles. The Morgan fingerprint density at radius 2 is 1.95 bits per heavy atom. The highest BCUT2D eigenvalue weighted by molar-refractivity contribution is 9.10. The van der Waals surface area contributed by atoms with E-state index in [1.165, 1.54) is 0 Å². The van der Waals surface area contributed by atoms with Crippen LogP contribution in [0.1, 0.15) is 6.92 Å². The minimum absolute atomic E-state index is 0.210. The smallest absolute Gasteiger partial charge is 0.265 e. The molecule has 0 spiro atoms. The average Bonchev–Trinajstić information content (AvgIpc) is 2.43. The number of para-hydroxylation sites is 1. The Morgan fingerprint density at radius 1 is 1.25 bits per heavy atom. The van der Waals surface area contributed by atoms with Crippen molar-refractivity contribution in [1.29, 1.82) is 0 Å². The van der Waals surface area contributed by atoms with Crippen molar-refractivity contribution >= 4 is 39.1 Å². The summed E-state index contributed by atoms with van der Waals surface area (Å²) in [5.74, 6) is 0.364. The van der Waals surface area contributed by atoms with E-state index in [0.717, 1.165) is 5.69 Å². The maximum absolute atomic E-state index is 12.0. The Kier molecular flexibility index (Phi) is 5.04. The van der Waals surface area contributed by atoms with Crippen molar-refractivity contribution in [2.75, 3.05) is 5.32 Å². The summed E-state index contributed by atoms with van der Waals surface area (Å²) in [7, 11) is 0. The Hall–Kier alpha value is -1.52. The number of benzene rings is 2. The van der Waals surface area contributed by atoms with Gasteiger partial charge >= 0.3 is 0 Å². The van der Waals surface area contributed by atoms with Gasteiger partial charge in [-0.15, -0.1) is 0 Å². The van der Waals surface area contributed by atoms with Gasteiger partial charge in [0.1, 0.15) is 5.75 Å². The quantitative estimate of drug-likeness (QED) is 0.877. The van der Waals surface area contributed by atoms with Gasteiger partial charge in [-0.25, -0.2) is 0 Å². The van der Waals surface area contributed by atoms with Crippen LogP contribution in [0.15, 0.2) is 53.0 Å². The fourth-order valence-corrected chi connectivity index (χ4v) is 2.36. The molecule has 0 aliphatic carbocycles. The van der Waals surface area contributed by atoms with Gasteiger partial charge in [0.2, 0.25) is 0 Å². The molecule has 20 heavy (non-hydrogen) atoms. The van der Waals surface area contributed by atoms with Gasteiger partial charge < -0.3 is 10.1 Å². The largest absolute Gasteiger partial charge is 0.480 e. The molecule has 104 valence electrons. The summed E-state index contributed by atoms with van der Waals surface area (Å²) in [6.45, 7) is 1.69. The Morgan fingerprint density at radius 3 is 2.60 bits per heavy atom. The summed E-state index contributed by atoms with van der Waals surface area (Å²) in [5, 5.41) is 3.39. The minimum atomic E-state index is -0.618. The molecule has 0 aromatic heterocycles. The van der Waals surface area contributed by atoms with Gasteiger partial charge in [0.25, 0.3) is 5.91 Å². The number of anilines is 1. The highest BCUT2D eigenvalue weighted by Gasteiger charge is 2.16. The van der Waals surface area contributed by atoms with Crippen molar-refractivity contribution in [3.8, 4) is 5.75 Å². The van der Waals surface area contributed by atoms with Crippen LogP contribution in [-0.2, 0) is 4.79 Å². The first-order chi connectivity index (χ1) is 9.56. The number of hydrogen-bond donors (Lipinski definition) is 1. The normalized spacial score (nSPS) is 11.8. The standard InChI is InChI=1S/C15H13BrClNO2/c1-10(15(19)18-12-5-3-2-4-6-12)20-14-8-7-11(17)9-13(14)16/h2-10H,1H3,(H,18,19). The van der Waals surface area contributed by atoms with Crippen molar-refractivity contribution in [2.24, 2.45) is 0 Å². The average molecular weight is 355 g/mol. The third kappa shape index (κ3) is 3.99. The third-order valence-electron chi connectivity index (χ3n) is 2.61. The number of nitrogens with one attached hydrogen (secondary N) is 1. The second kappa shape index (κ2) is 6.77. The summed E-state index contributed by atoms with van der Waals surface area (Å²) in [6.07, 6.45) is -0.618. The number of halogens is 2. The minimum Gasteiger partial charge on any atom is -0.480 e. The van der Waals surface area contributed by atoms with E-state index in [-0.39, 0.29) is 5.91 Å². The lowest BCUT2D eigenvalue weighted by Gasteiger charge is -2.15. The summed E-state index contributed by atoms with van der Waals surface area (Å²) < 4.78 is 6.33. The van der Waals surface area contributed by atoms with Crippen LogP contribution in [0.5, 0.6) is 5.75 Å². The number of carbonyl (C=O) groups excluding carboxylic acids is 1. The number of carbonyl (C=O) groups is 1. The first kappa shape index (κ1) is 14.9. The molecular formula is C15H13BrClNO2. The van der Waals surface area contributed by atoms with Crippen molar-refractivity contribution in [1.82, 2.24) is 0 Å². The van der Waals surface area contributed by atoms with E-state index in [2.05, 4.69) is 21.2 Å². The molecule has 2 rings (SSSR count). The molecule has 0 heterocycles. The topological polar surface area (TPSA) is 38.3 Å². The van der Waals surface area contributed by atoms with Crippen molar-refractivity contribution < 1.29 is 9.53 Å². The molecular weight excluding hydrogens is 342 g/mol. The molecule has 3 nitrogen and oxygen atoms in total. The first-order valence-electron chi connectivity index (χ1n) is 6.04. The zero-order valence-corrected chi connectivity index (χ0v) is 13.1. The van der Waals surface area contributed by atoms with Gasteiger partial charge in [0, 0.05) is 10.7 Å². The fraction of sp³-hybridized carbons (Fsp3) is 0.133. The van der Waals surface area contributed by atoms with Gasteiger partial charge in [-0.1, -0.05) is 29.8 Å². The van der Waals surface area contributed by atoms with E-state index in [1.807, 2.05) is 30.3 Å². The molecule has 0 fully saturated rings. The summed E-state index contributed by atoms with van der Waals surface area (Å²) in [5.41, 5.74) is 0.739. The van der Waals surface area contributed by atoms with Crippen molar-refractivity contribution in [3.05, 3.63) is 58.0 Å². The molecule has 1 amide bonds. The van der Waals surface area contributed by atoms with Gasteiger partial charge in [-0.2, -0.15) is 0 Å². The van der Waals surface area contributed by atoms with Crippen molar-refractivity contribution in [3.63, 3.8) is 0 Å².